The molecule has 1 unspecified atom stereocenters. The predicted molar refractivity (Wildman–Crippen MR) is 114 cm³/mol. The van der Waals surface area contributed by atoms with Crippen LogP contribution >= 0.6 is 0 Å². The Hall–Kier alpha value is -3.12. The Balaban J connectivity index is 1.55. The second-order valence-electron chi connectivity index (χ2n) is 8.03. The molecule has 1 aromatic heterocycles. The summed E-state index contributed by atoms with van der Waals surface area (Å²) < 4.78 is 1.63. The Morgan fingerprint density at radius 1 is 0.967 bits per heavy atom. The summed E-state index contributed by atoms with van der Waals surface area (Å²) in [5.41, 5.74) is 2.74. The van der Waals surface area contributed by atoms with Gasteiger partial charge in [-0.1, -0.05) is 48.5 Å². The van der Waals surface area contributed by atoms with Gasteiger partial charge in [-0.05, 0) is 49.9 Å². The molecule has 0 bridgehead atoms. The van der Waals surface area contributed by atoms with Crippen molar-refractivity contribution < 1.29 is 19.8 Å². The molecule has 156 valence electrons. The molecule has 2 heterocycles. The van der Waals surface area contributed by atoms with Crippen LogP contribution in [0.4, 0.5) is 0 Å². The number of carboxylic acids is 2. The molecule has 0 spiro atoms. The number of aliphatic carboxylic acids is 2. The van der Waals surface area contributed by atoms with Crippen molar-refractivity contribution in [2.45, 2.75) is 31.8 Å². The van der Waals surface area contributed by atoms with E-state index in [9.17, 15) is 19.8 Å². The first kappa shape index (κ1) is 20.2. The van der Waals surface area contributed by atoms with Crippen molar-refractivity contribution in [1.29, 1.82) is 0 Å². The van der Waals surface area contributed by atoms with Crippen LogP contribution < -0.4 is 0 Å². The second kappa shape index (κ2) is 8.71. The first-order chi connectivity index (χ1) is 14.5. The summed E-state index contributed by atoms with van der Waals surface area (Å²) >= 11 is 0. The van der Waals surface area contributed by atoms with Gasteiger partial charge in [-0.15, -0.1) is 0 Å². The minimum absolute atomic E-state index is 0.188. The van der Waals surface area contributed by atoms with Crippen LogP contribution in [0.2, 0.25) is 0 Å². The SMILES string of the molecule is O=C(O)Cn1cc(C(C(=O)O)N2CCC(Cc3ccccc3)CC2)c2ccccc21. The number of hydrogen-bond acceptors (Lipinski definition) is 3. The molecule has 0 radical (unpaired) electrons. The average molecular weight is 406 g/mol. The van der Waals surface area contributed by atoms with E-state index in [1.54, 1.807) is 10.8 Å². The molecular weight excluding hydrogens is 380 g/mol. The van der Waals surface area contributed by atoms with Crippen LogP contribution in [0, 0.1) is 5.92 Å². The highest BCUT2D eigenvalue weighted by Gasteiger charge is 2.33. The number of hydrogen-bond donors (Lipinski definition) is 2. The Morgan fingerprint density at radius 3 is 2.30 bits per heavy atom. The van der Waals surface area contributed by atoms with E-state index in [1.807, 2.05) is 35.2 Å². The van der Waals surface area contributed by atoms with E-state index in [4.69, 9.17) is 0 Å². The maximum Gasteiger partial charge on any atom is 0.325 e. The molecule has 1 atom stereocenters. The molecule has 6 heteroatoms. The monoisotopic (exact) mass is 406 g/mol. The summed E-state index contributed by atoms with van der Waals surface area (Å²) in [4.78, 5) is 25.6. The molecule has 1 fully saturated rings. The van der Waals surface area contributed by atoms with Crippen molar-refractivity contribution in [2.24, 2.45) is 5.92 Å². The first-order valence-corrected chi connectivity index (χ1v) is 10.3. The van der Waals surface area contributed by atoms with Gasteiger partial charge in [0.15, 0.2) is 0 Å². The number of carbonyl (C=O) groups is 2. The maximum absolute atomic E-state index is 12.3. The van der Waals surface area contributed by atoms with Crippen molar-refractivity contribution >= 4 is 22.8 Å². The van der Waals surface area contributed by atoms with Gasteiger partial charge >= 0.3 is 11.9 Å². The largest absolute Gasteiger partial charge is 0.480 e. The lowest BCUT2D eigenvalue weighted by atomic mass is 9.89. The number of piperidine rings is 1. The highest BCUT2D eigenvalue weighted by atomic mass is 16.4. The molecule has 1 aliphatic rings. The molecule has 30 heavy (non-hydrogen) atoms. The van der Waals surface area contributed by atoms with Crippen molar-refractivity contribution in [3.63, 3.8) is 0 Å². The second-order valence-corrected chi connectivity index (χ2v) is 8.03. The number of nitrogens with zero attached hydrogens (tertiary/aromatic N) is 2. The van der Waals surface area contributed by atoms with Gasteiger partial charge in [0.25, 0.3) is 0 Å². The summed E-state index contributed by atoms with van der Waals surface area (Å²) in [5.74, 6) is -1.29. The van der Waals surface area contributed by atoms with Crippen LogP contribution in [-0.4, -0.2) is 44.7 Å². The van der Waals surface area contributed by atoms with E-state index >= 15 is 0 Å². The molecule has 3 aromatic rings. The maximum atomic E-state index is 12.3. The fraction of sp³-hybridized carbons (Fsp3) is 0.333. The molecule has 4 rings (SSSR count). The van der Waals surface area contributed by atoms with Crippen LogP contribution in [0.3, 0.4) is 0 Å². The van der Waals surface area contributed by atoms with Crippen molar-refractivity contribution in [1.82, 2.24) is 9.47 Å². The van der Waals surface area contributed by atoms with Gasteiger partial charge in [-0.25, -0.2) is 0 Å². The Kier molecular flexibility index (Phi) is 5.86. The minimum Gasteiger partial charge on any atom is -0.480 e. The normalized spacial score (nSPS) is 16.5. The standard InChI is InChI=1S/C24H26N2O4/c27-22(28)16-26-15-20(19-8-4-5-9-21(19)26)23(24(29)30)25-12-10-18(11-13-25)14-17-6-2-1-3-7-17/h1-9,15,18,23H,10-14,16H2,(H,27,28)(H,29,30). The van der Waals surface area contributed by atoms with Gasteiger partial charge in [0.05, 0.1) is 0 Å². The molecular formula is C24H26N2O4. The lowest BCUT2D eigenvalue weighted by Crippen LogP contribution is -2.40. The van der Waals surface area contributed by atoms with Crippen molar-refractivity contribution in [3.05, 3.63) is 71.9 Å². The van der Waals surface area contributed by atoms with Gasteiger partial charge in [-0.3, -0.25) is 14.5 Å². The van der Waals surface area contributed by atoms with Gasteiger partial charge < -0.3 is 14.8 Å². The molecule has 0 aliphatic carbocycles. The van der Waals surface area contributed by atoms with Crippen LogP contribution in [0.15, 0.2) is 60.8 Å². The minimum atomic E-state index is -0.948. The lowest BCUT2D eigenvalue weighted by molar-refractivity contribution is -0.144. The number of rotatable bonds is 7. The molecule has 0 amide bonds. The van der Waals surface area contributed by atoms with E-state index in [0.29, 0.717) is 24.6 Å². The highest BCUT2D eigenvalue weighted by Crippen LogP contribution is 2.34. The first-order valence-electron chi connectivity index (χ1n) is 10.3. The third kappa shape index (κ3) is 4.24. The van der Waals surface area contributed by atoms with Crippen LogP contribution in [-0.2, 0) is 22.6 Å². The van der Waals surface area contributed by atoms with Crippen molar-refractivity contribution in [3.8, 4) is 0 Å². The van der Waals surface area contributed by atoms with Gasteiger partial charge in [0, 0.05) is 22.7 Å². The van der Waals surface area contributed by atoms with E-state index in [0.717, 1.165) is 30.2 Å². The van der Waals surface area contributed by atoms with E-state index in [2.05, 4.69) is 24.3 Å². The predicted octanol–water partition coefficient (Wildman–Crippen LogP) is 3.81. The number of likely N-dealkylation sites (tertiary alicyclic amines) is 1. The zero-order valence-electron chi connectivity index (χ0n) is 16.8. The average Bonchev–Trinajstić information content (AvgIpc) is 3.08. The van der Waals surface area contributed by atoms with Crippen LogP contribution in [0.1, 0.15) is 30.0 Å². The zero-order valence-corrected chi connectivity index (χ0v) is 16.8. The number of fused-ring (bicyclic) bond motifs is 1. The summed E-state index contributed by atoms with van der Waals surface area (Å²) in [6.07, 6.45) is 4.62. The Morgan fingerprint density at radius 2 is 1.63 bits per heavy atom. The molecule has 2 aromatic carbocycles. The van der Waals surface area contributed by atoms with E-state index in [-0.39, 0.29) is 6.54 Å². The Labute approximate surface area is 175 Å². The third-order valence-electron chi connectivity index (χ3n) is 6.03. The number of carboxylic acid groups (broad SMARTS) is 2. The fourth-order valence-electron chi connectivity index (χ4n) is 4.62. The summed E-state index contributed by atoms with van der Waals surface area (Å²) in [6, 6.07) is 17.1. The number of aromatic nitrogens is 1. The highest BCUT2D eigenvalue weighted by molar-refractivity contribution is 5.90. The van der Waals surface area contributed by atoms with Gasteiger partial charge in [-0.2, -0.15) is 0 Å². The summed E-state index contributed by atoms with van der Waals surface area (Å²) in [6.45, 7) is 1.24. The molecule has 0 saturated carbocycles. The van der Waals surface area contributed by atoms with E-state index in [1.165, 1.54) is 5.56 Å². The smallest absolute Gasteiger partial charge is 0.325 e. The van der Waals surface area contributed by atoms with Crippen molar-refractivity contribution in [2.75, 3.05) is 13.1 Å². The number of benzene rings is 2. The Bertz CT molecular complexity index is 1040. The quantitative estimate of drug-likeness (QED) is 0.624. The zero-order chi connectivity index (χ0) is 21.1. The van der Waals surface area contributed by atoms with Crippen LogP contribution in [0.5, 0.6) is 0 Å². The summed E-state index contributed by atoms with van der Waals surface area (Å²) in [7, 11) is 0. The van der Waals surface area contributed by atoms with Gasteiger partial charge in [0.2, 0.25) is 0 Å². The number of para-hydroxylation sites is 1. The fourth-order valence-corrected chi connectivity index (χ4v) is 4.62. The molecule has 1 saturated heterocycles. The third-order valence-corrected chi connectivity index (χ3v) is 6.03. The molecule has 2 N–H and O–H groups in total. The molecule has 1 aliphatic heterocycles. The lowest BCUT2D eigenvalue weighted by Gasteiger charge is -2.35. The van der Waals surface area contributed by atoms with E-state index < -0.39 is 18.0 Å². The topological polar surface area (TPSA) is 82.8 Å². The summed E-state index contributed by atoms with van der Waals surface area (Å²) in [5, 5.41) is 20.1. The van der Waals surface area contributed by atoms with Gasteiger partial charge in [0.1, 0.15) is 12.6 Å². The van der Waals surface area contributed by atoms with Crippen LogP contribution in [0.25, 0.3) is 10.9 Å². The molecule has 6 nitrogen and oxygen atoms in total.